The van der Waals surface area contributed by atoms with Gasteiger partial charge < -0.3 is 10.6 Å². The van der Waals surface area contributed by atoms with Gasteiger partial charge in [-0.2, -0.15) is 0 Å². The smallest absolute Gasteiger partial charge is 0.264 e. The molecule has 3 rings (SSSR count). The highest BCUT2D eigenvalue weighted by atomic mass is 32.2. The van der Waals surface area contributed by atoms with Gasteiger partial charge in [0.15, 0.2) is 0 Å². The molecule has 6 nitrogen and oxygen atoms in total. The van der Waals surface area contributed by atoms with Gasteiger partial charge in [0, 0.05) is 25.2 Å². The third-order valence-electron chi connectivity index (χ3n) is 4.57. The van der Waals surface area contributed by atoms with Crippen molar-refractivity contribution in [3.05, 3.63) is 59.7 Å². The third-order valence-corrected chi connectivity index (χ3v) is 6.37. The molecule has 0 radical (unpaired) electrons. The molecular formula is C19H23N3O3S. The van der Waals surface area contributed by atoms with Crippen molar-refractivity contribution in [2.75, 3.05) is 24.4 Å². The molecule has 1 atom stereocenters. The number of benzene rings is 2. The zero-order chi connectivity index (χ0) is 18.7. The van der Waals surface area contributed by atoms with Crippen LogP contribution in [-0.2, 0) is 10.0 Å². The number of amides is 1. The van der Waals surface area contributed by atoms with Crippen LogP contribution in [0.25, 0.3) is 0 Å². The fraction of sp³-hybridized carbons (Fsp3) is 0.316. The van der Waals surface area contributed by atoms with Crippen molar-refractivity contribution in [3.8, 4) is 0 Å². The van der Waals surface area contributed by atoms with E-state index in [1.54, 1.807) is 48.5 Å². The Kier molecular flexibility index (Phi) is 5.29. The molecule has 1 aliphatic heterocycles. The van der Waals surface area contributed by atoms with Crippen molar-refractivity contribution in [2.24, 2.45) is 0 Å². The quantitative estimate of drug-likeness (QED) is 0.839. The lowest BCUT2D eigenvalue weighted by Gasteiger charge is -2.20. The predicted octanol–water partition coefficient (Wildman–Crippen LogP) is 1.91. The molecule has 1 heterocycles. The number of rotatable bonds is 5. The average Bonchev–Trinajstić information content (AvgIpc) is 3.14. The Morgan fingerprint density at radius 2 is 1.77 bits per heavy atom. The lowest BCUT2D eigenvalue weighted by atomic mass is 10.1. The summed E-state index contributed by atoms with van der Waals surface area (Å²) < 4.78 is 26.7. The van der Waals surface area contributed by atoms with Crippen LogP contribution in [0.4, 0.5) is 5.69 Å². The van der Waals surface area contributed by atoms with Crippen LogP contribution in [0, 0.1) is 6.92 Å². The summed E-state index contributed by atoms with van der Waals surface area (Å²) in [5.74, 6) is -0.144. The van der Waals surface area contributed by atoms with Crippen molar-refractivity contribution in [1.29, 1.82) is 0 Å². The van der Waals surface area contributed by atoms with Crippen LogP contribution in [0.1, 0.15) is 22.3 Å². The highest BCUT2D eigenvalue weighted by Crippen LogP contribution is 2.22. The fourth-order valence-corrected chi connectivity index (χ4v) is 4.07. The molecule has 0 aromatic heterocycles. The largest absolute Gasteiger partial charge is 0.348 e. The summed E-state index contributed by atoms with van der Waals surface area (Å²) in [6, 6.07) is 13.5. The number of carbonyl (C=O) groups excluding carboxylic acids is 1. The second-order valence-electron chi connectivity index (χ2n) is 6.50. The van der Waals surface area contributed by atoms with Gasteiger partial charge in [-0.25, -0.2) is 8.42 Å². The van der Waals surface area contributed by atoms with E-state index in [9.17, 15) is 13.2 Å². The summed E-state index contributed by atoms with van der Waals surface area (Å²) in [5.41, 5.74) is 2.02. The molecule has 7 heteroatoms. The lowest BCUT2D eigenvalue weighted by Crippen LogP contribution is -2.36. The molecule has 138 valence electrons. The number of aryl methyl sites for hydroxylation is 1. The number of hydrogen-bond donors (Lipinski definition) is 2. The number of sulfonamides is 1. The predicted molar refractivity (Wildman–Crippen MR) is 102 cm³/mol. The van der Waals surface area contributed by atoms with E-state index in [0.717, 1.165) is 25.1 Å². The molecule has 1 fully saturated rings. The molecule has 1 unspecified atom stereocenters. The summed E-state index contributed by atoms with van der Waals surface area (Å²) in [4.78, 5) is 12.5. The van der Waals surface area contributed by atoms with Crippen molar-refractivity contribution in [1.82, 2.24) is 10.6 Å². The van der Waals surface area contributed by atoms with E-state index >= 15 is 0 Å². The number of nitrogens with one attached hydrogen (secondary N) is 2. The standard InChI is InChI=1S/C19H23N3O3S/c1-14-3-9-18(10-4-14)26(24,25)22(2)17-7-5-15(6-8-17)19(23)21-16-11-12-20-13-16/h3-10,16,20H,11-13H2,1-2H3,(H,21,23). The number of hydrogen-bond acceptors (Lipinski definition) is 4. The van der Waals surface area contributed by atoms with E-state index in [1.807, 2.05) is 6.92 Å². The first-order valence-electron chi connectivity index (χ1n) is 8.55. The number of anilines is 1. The second-order valence-corrected chi connectivity index (χ2v) is 8.46. The molecule has 0 aliphatic carbocycles. The van der Waals surface area contributed by atoms with Gasteiger partial charge in [-0.05, 0) is 56.3 Å². The van der Waals surface area contributed by atoms with Gasteiger partial charge in [0.25, 0.3) is 15.9 Å². The van der Waals surface area contributed by atoms with Crippen molar-refractivity contribution < 1.29 is 13.2 Å². The van der Waals surface area contributed by atoms with Crippen LogP contribution in [0.5, 0.6) is 0 Å². The molecule has 1 amide bonds. The Hall–Kier alpha value is -2.38. The monoisotopic (exact) mass is 373 g/mol. The topological polar surface area (TPSA) is 78.5 Å². The summed E-state index contributed by atoms with van der Waals surface area (Å²) in [7, 11) is -2.13. The Morgan fingerprint density at radius 3 is 2.35 bits per heavy atom. The highest BCUT2D eigenvalue weighted by Gasteiger charge is 2.22. The van der Waals surface area contributed by atoms with E-state index in [-0.39, 0.29) is 16.8 Å². The lowest BCUT2D eigenvalue weighted by molar-refractivity contribution is 0.0940. The minimum atomic E-state index is -3.64. The Balaban J connectivity index is 1.74. The van der Waals surface area contributed by atoms with Crippen LogP contribution in [0.3, 0.4) is 0 Å². The van der Waals surface area contributed by atoms with Gasteiger partial charge in [0.2, 0.25) is 0 Å². The van der Waals surface area contributed by atoms with E-state index in [4.69, 9.17) is 0 Å². The van der Waals surface area contributed by atoms with Gasteiger partial charge in [-0.15, -0.1) is 0 Å². The summed E-state index contributed by atoms with van der Waals surface area (Å²) in [5, 5.41) is 6.17. The Bertz CT molecular complexity index is 871. The minimum Gasteiger partial charge on any atom is -0.348 e. The highest BCUT2D eigenvalue weighted by molar-refractivity contribution is 7.92. The van der Waals surface area contributed by atoms with Crippen LogP contribution >= 0.6 is 0 Å². The maximum Gasteiger partial charge on any atom is 0.264 e. The average molecular weight is 373 g/mol. The second kappa shape index (κ2) is 7.47. The van der Waals surface area contributed by atoms with Gasteiger partial charge in [-0.3, -0.25) is 9.10 Å². The van der Waals surface area contributed by atoms with Gasteiger partial charge in [-0.1, -0.05) is 17.7 Å². The first-order chi connectivity index (χ1) is 12.4. The molecule has 0 bridgehead atoms. The van der Waals surface area contributed by atoms with Crippen molar-refractivity contribution in [3.63, 3.8) is 0 Å². The molecule has 1 saturated heterocycles. The number of carbonyl (C=O) groups is 1. The van der Waals surface area contributed by atoms with Crippen LogP contribution in [0.2, 0.25) is 0 Å². The Morgan fingerprint density at radius 1 is 1.12 bits per heavy atom. The zero-order valence-corrected chi connectivity index (χ0v) is 15.7. The minimum absolute atomic E-state index is 0.144. The molecule has 26 heavy (non-hydrogen) atoms. The molecule has 2 aromatic carbocycles. The maximum absolute atomic E-state index is 12.7. The van der Waals surface area contributed by atoms with Crippen LogP contribution in [-0.4, -0.2) is 40.5 Å². The van der Waals surface area contributed by atoms with Gasteiger partial charge in [0.05, 0.1) is 10.6 Å². The normalized spacial score (nSPS) is 17.1. The van der Waals surface area contributed by atoms with Crippen molar-refractivity contribution in [2.45, 2.75) is 24.3 Å². The van der Waals surface area contributed by atoms with E-state index < -0.39 is 10.0 Å². The third kappa shape index (κ3) is 3.89. The number of nitrogens with zero attached hydrogens (tertiary/aromatic N) is 1. The van der Waals surface area contributed by atoms with Crippen LogP contribution < -0.4 is 14.9 Å². The maximum atomic E-state index is 12.7. The van der Waals surface area contributed by atoms with E-state index in [0.29, 0.717) is 11.3 Å². The van der Waals surface area contributed by atoms with Crippen molar-refractivity contribution >= 4 is 21.6 Å². The van der Waals surface area contributed by atoms with Gasteiger partial charge in [0.1, 0.15) is 0 Å². The van der Waals surface area contributed by atoms with Crippen LogP contribution in [0.15, 0.2) is 53.4 Å². The SMILES string of the molecule is Cc1ccc(S(=O)(=O)N(C)c2ccc(C(=O)NC3CCNC3)cc2)cc1. The Labute approximate surface area is 154 Å². The first kappa shape index (κ1) is 18.4. The molecule has 0 saturated carbocycles. The van der Waals surface area contributed by atoms with E-state index in [2.05, 4.69) is 10.6 Å². The van der Waals surface area contributed by atoms with Gasteiger partial charge >= 0.3 is 0 Å². The molecular weight excluding hydrogens is 350 g/mol. The summed E-state index contributed by atoms with van der Waals surface area (Å²) in [6.07, 6.45) is 0.918. The summed E-state index contributed by atoms with van der Waals surface area (Å²) in [6.45, 7) is 3.60. The molecule has 2 N–H and O–H groups in total. The molecule has 2 aromatic rings. The zero-order valence-electron chi connectivity index (χ0n) is 14.9. The molecule has 0 spiro atoms. The first-order valence-corrected chi connectivity index (χ1v) is 9.99. The fourth-order valence-electron chi connectivity index (χ4n) is 2.88. The van der Waals surface area contributed by atoms with E-state index in [1.165, 1.54) is 11.4 Å². The summed E-state index contributed by atoms with van der Waals surface area (Å²) >= 11 is 0. The molecule has 1 aliphatic rings.